The molecule has 8 heteroatoms. The van der Waals surface area contributed by atoms with Crippen molar-refractivity contribution in [1.29, 1.82) is 5.26 Å². The van der Waals surface area contributed by atoms with Crippen LogP contribution in [0.3, 0.4) is 0 Å². The number of nitriles is 1. The van der Waals surface area contributed by atoms with Crippen molar-refractivity contribution in [3.05, 3.63) is 28.3 Å². The maximum Gasteiger partial charge on any atom is 0.573 e. The Labute approximate surface area is 117 Å². The van der Waals surface area contributed by atoms with Gasteiger partial charge < -0.3 is 9.47 Å². The molecule has 0 bridgehead atoms. The lowest BCUT2D eigenvalue weighted by Crippen LogP contribution is -2.19. The molecule has 0 spiro atoms. The Bertz CT molecular complexity index is 552. The molecule has 0 N–H and O–H groups in total. The number of benzene rings is 1. The van der Waals surface area contributed by atoms with Crippen molar-refractivity contribution in [2.45, 2.75) is 19.7 Å². The van der Waals surface area contributed by atoms with Gasteiger partial charge in [0.2, 0.25) is 0 Å². The molecule has 0 aliphatic rings. The normalized spacial score (nSPS) is 10.8. The van der Waals surface area contributed by atoms with E-state index in [1.807, 2.05) is 0 Å². The van der Waals surface area contributed by atoms with Gasteiger partial charge in [0.1, 0.15) is 11.8 Å². The van der Waals surface area contributed by atoms with Crippen LogP contribution in [0.25, 0.3) is 0 Å². The third-order valence-corrected chi connectivity index (χ3v) is 2.45. The Kier molecular flexibility index (Phi) is 5.22. The topological polar surface area (TPSA) is 59.3 Å². The maximum atomic E-state index is 12.3. The number of hydrogen-bond acceptors (Lipinski definition) is 4. The highest BCUT2D eigenvalue weighted by atomic mass is 35.5. The molecule has 0 aliphatic heterocycles. The molecule has 1 aromatic carbocycles. The van der Waals surface area contributed by atoms with Gasteiger partial charge in [-0.15, -0.1) is 13.2 Å². The van der Waals surface area contributed by atoms with Crippen LogP contribution in [-0.2, 0) is 16.0 Å². The fourth-order valence-electron chi connectivity index (χ4n) is 1.41. The van der Waals surface area contributed by atoms with Crippen molar-refractivity contribution in [3.63, 3.8) is 0 Å². The Hall–Kier alpha value is -1.94. The second kappa shape index (κ2) is 6.48. The first-order valence-electron chi connectivity index (χ1n) is 5.40. The van der Waals surface area contributed by atoms with E-state index < -0.39 is 24.5 Å². The van der Waals surface area contributed by atoms with E-state index in [1.54, 1.807) is 13.0 Å². The molecule has 0 aliphatic carbocycles. The zero-order chi connectivity index (χ0) is 15.3. The van der Waals surface area contributed by atoms with Crippen LogP contribution in [0.15, 0.2) is 12.1 Å². The largest absolute Gasteiger partial charge is 0.573 e. The van der Waals surface area contributed by atoms with Gasteiger partial charge in [0.05, 0.1) is 23.6 Å². The van der Waals surface area contributed by atoms with Gasteiger partial charge in [-0.1, -0.05) is 11.6 Å². The predicted molar refractivity (Wildman–Crippen MR) is 63.2 cm³/mol. The molecule has 0 saturated heterocycles. The first-order chi connectivity index (χ1) is 9.26. The maximum absolute atomic E-state index is 12.3. The summed E-state index contributed by atoms with van der Waals surface area (Å²) < 4.78 is 45.3. The summed E-state index contributed by atoms with van der Waals surface area (Å²) in [5.74, 6) is -1.36. The van der Waals surface area contributed by atoms with Crippen molar-refractivity contribution in [1.82, 2.24) is 0 Å². The third-order valence-electron chi connectivity index (χ3n) is 2.14. The van der Waals surface area contributed by atoms with Crippen LogP contribution in [0.5, 0.6) is 5.75 Å². The number of alkyl halides is 3. The summed E-state index contributed by atoms with van der Waals surface area (Å²) in [6.07, 6.45) is -5.38. The summed E-state index contributed by atoms with van der Waals surface area (Å²) in [4.78, 5) is 11.3. The van der Waals surface area contributed by atoms with Crippen molar-refractivity contribution in [2.24, 2.45) is 0 Å². The van der Waals surface area contributed by atoms with Crippen LogP contribution in [0.4, 0.5) is 13.2 Å². The lowest BCUT2D eigenvalue weighted by Gasteiger charge is -2.14. The van der Waals surface area contributed by atoms with E-state index in [1.165, 1.54) is 0 Å². The van der Waals surface area contributed by atoms with E-state index >= 15 is 0 Å². The lowest BCUT2D eigenvalue weighted by molar-refractivity contribution is -0.274. The number of carbonyl (C=O) groups is 1. The minimum Gasteiger partial charge on any atom is -0.466 e. The quantitative estimate of drug-likeness (QED) is 0.801. The molecule has 108 valence electrons. The fraction of sp³-hybridized carbons (Fsp3) is 0.333. The van der Waals surface area contributed by atoms with Gasteiger partial charge in [-0.05, 0) is 13.0 Å². The number of carbonyl (C=O) groups excluding carboxylic acids is 1. The van der Waals surface area contributed by atoms with Gasteiger partial charge >= 0.3 is 12.3 Å². The molecule has 1 aromatic rings. The molecule has 0 fully saturated rings. The van der Waals surface area contributed by atoms with Gasteiger partial charge in [0.25, 0.3) is 0 Å². The molecular weight excluding hydrogens is 299 g/mol. The molecule has 20 heavy (non-hydrogen) atoms. The average Bonchev–Trinajstić information content (AvgIpc) is 2.30. The van der Waals surface area contributed by atoms with Crippen LogP contribution < -0.4 is 4.74 Å². The summed E-state index contributed by atoms with van der Waals surface area (Å²) in [7, 11) is 0. The SMILES string of the molecule is CCOC(=O)Cc1cc(C#N)c(Cl)cc1OC(F)(F)F. The Morgan fingerprint density at radius 2 is 2.10 bits per heavy atom. The van der Waals surface area contributed by atoms with Crippen LogP contribution in [0.1, 0.15) is 18.1 Å². The zero-order valence-corrected chi connectivity index (χ0v) is 11.0. The van der Waals surface area contributed by atoms with Crippen molar-refractivity contribution >= 4 is 17.6 Å². The lowest BCUT2D eigenvalue weighted by atomic mass is 10.1. The van der Waals surface area contributed by atoms with E-state index in [0.29, 0.717) is 0 Å². The van der Waals surface area contributed by atoms with Crippen LogP contribution >= 0.6 is 11.6 Å². The number of hydrogen-bond donors (Lipinski definition) is 0. The molecule has 0 saturated carbocycles. The molecule has 0 radical (unpaired) electrons. The number of esters is 1. The summed E-state index contributed by atoms with van der Waals surface area (Å²) in [5.41, 5.74) is -0.179. The first kappa shape index (κ1) is 16.1. The fourth-order valence-corrected chi connectivity index (χ4v) is 1.61. The van der Waals surface area contributed by atoms with Gasteiger partial charge in [-0.2, -0.15) is 5.26 Å². The number of ether oxygens (including phenoxy) is 2. The summed E-state index contributed by atoms with van der Waals surface area (Å²) in [6, 6.07) is 3.63. The Morgan fingerprint density at radius 3 is 2.60 bits per heavy atom. The summed E-state index contributed by atoms with van der Waals surface area (Å²) >= 11 is 5.64. The summed E-state index contributed by atoms with van der Waals surface area (Å²) in [5, 5.41) is 8.60. The van der Waals surface area contributed by atoms with Gasteiger partial charge in [0.15, 0.2) is 0 Å². The van der Waals surface area contributed by atoms with E-state index in [0.717, 1.165) is 12.1 Å². The van der Waals surface area contributed by atoms with E-state index in [2.05, 4.69) is 9.47 Å². The van der Waals surface area contributed by atoms with Gasteiger partial charge in [0, 0.05) is 11.6 Å². The molecule has 0 amide bonds. The Balaban J connectivity index is 3.16. The highest BCUT2D eigenvalue weighted by Crippen LogP contribution is 2.31. The van der Waals surface area contributed by atoms with E-state index in [9.17, 15) is 18.0 Å². The monoisotopic (exact) mass is 307 g/mol. The minimum absolute atomic E-state index is 0.0551. The zero-order valence-electron chi connectivity index (χ0n) is 10.3. The van der Waals surface area contributed by atoms with Crippen molar-refractivity contribution < 1.29 is 27.4 Å². The van der Waals surface area contributed by atoms with Gasteiger partial charge in [-0.25, -0.2) is 0 Å². The standard InChI is InChI=1S/C12H9ClF3NO3/c1-2-19-11(18)4-7-3-8(6-17)9(13)5-10(7)20-12(14,15)16/h3,5H,2,4H2,1H3. The van der Waals surface area contributed by atoms with Crippen LogP contribution in [0.2, 0.25) is 5.02 Å². The van der Waals surface area contributed by atoms with E-state index in [-0.39, 0.29) is 22.8 Å². The minimum atomic E-state index is -4.93. The van der Waals surface area contributed by atoms with E-state index in [4.69, 9.17) is 16.9 Å². The Morgan fingerprint density at radius 1 is 1.45 bits per heavy atom. The molecule has 0 unspecified atom stereocenters. The molecule has 4 nitrogen and oxygen atoms in total. The molecular formula is C12H9ClF3NO3. The highest BCUT2D eigenvalue weighted by molar-refractivity contribution is 6.31. The van der Waals surface area contributed by atoms with Crippen molar-refractivity contribution in [2.75, 3.05) is 6.61 Å². The van der Waals surface area contributed by atoms with Gasteiger partial charge in [-0.3, -0.25) is 4.79 Å². The predicted octanol–water partition coefficient (Wildman–Crippen LogP) is 3.22. The number of halogens is 4. The first-order valence-corrected chi connectivity index (χ1v) is 5.78. The molecule has 0 heterocycles. The second-order valence-electron chi connectivity index (χ2n) is 3.58. The molecule has 1 rings (SSSR count). The summed E-state index contributed by atoms with van der Waals surface area (Å²) in [6.45, 7) is 1.65. The number of rotatable bonds is 4. The molecule has 0 atom stereocenters. The van der Waals surface area contributed by atoms with Crippen LogP contribution in [-0.4, -0.2) is 18.9 Å². The van der Waals surface area contributed by atoms with Crippen LogP contribution in [0, 0.1) is 11.3 Å². The smallest absolute Gasteiger partial charge is 0.466 e. The second-order valence-corrected chi connectivity index (χ2v) is 3.99. The highest BCUT2D eigenvalue weighted by Gasteiger charge is 2.32. The number of nitrogens with zero attached hydrogens (tertiary/aromatic N) is 1. The molecule has 0 aromatic heterocycles. The third kappa shape index (κ3) is 4.63. The van der Waals surface area contributed by atoms with Crippen molar-refractivity contribution in [3.8, 4) is 11.8 Å². The average molecular weight is 308 g/mol.